The van der Waals surface area contributed by atoms with E-state index in [-0.39, 0.29) is 77.2 Å². The van der Waals surface area contributed by atoms with Crippen LogP contribution in [0.5, 0.6) is 5.75 Å². The summed E-state index contributed by atoms with van der Waals surface area (Å²) in [5.74, 6) is -6.86. The molecule has 8 bridgehead atoms. The van der Waals surface area contributed by atoms with Crippen molar-refractivity contribution < 1.29 is 71.8 Å². The molecule has 7 rings (SSSR count). The average molecular weight is 1220 g/mol. The van der Waals surface area contributed by atoms with E-state index in [9.17, 15) is 53.2 Å². The van der Waals surface area contributed by atoms with Crippen molar-refractivity contribution in [3.63, 3.8) is 0 Å². The highest BCUT2D eigenvalue weighted by Gasteiger charge is 2.66. The molecule has 86 heavy (non-hydrogen) atoms. The fourth-order valence-electron chi connectivity index (χ4n) is 14.4. The number of aliphatic hydroxyl groups is 2. The Morgan fingerprint density at radius 1 is 0.791 bits per heavy atom. The molecular weight excluding hydrogens is 1130 g/mol. The number of amides is 7. The topological polar surface area (TPSA) is 451 Å². The van der Waals surface area contributed by atoms with E-state index in [1.165, 1.54) is 6.92 Å². The third kappa shape index (κ3) is 13.4. The SMILES string of the molecule is CC1=C2N=C(C=C3N/C(=C(/C)C4=NC(C)(C5N=C1C(C)(CCC(=O)NCC(C)OP(=O)(O)OC1C(CO)OC(Oc6ccccc6)C1O)C5CC(N)=O)C(C)(CC(N)=O)C4CCC(N)=O)C(C)(CC(N)=O)C3CCC(N)=O)C(C)(C)C2CCC(N)=O. The van der Waals surface area contributed by atoms with Crippen LogP contribution in [0.1, 0.15) is 133 Å². The molecule has 2 fully saturated rings. The van der Waals surface area contributed by atoms with Gasteiger partial charge >= 0.3 is 7.82 Å². The number of primary amides is 6. The Morgan fingerprint density at radius 2 is 1.38 bits per heavy atom. The van der Waals surface area contributed by atoms with Crippen LogP contribution in [0.3, 0.4) is 0 Å². The number of para-hydroxylation sites is 1. The lowest BCUT2D eigenvalue weighted by atomic mass is 9.55. The zero-order valence-electron chi connectivity index (χ0n) is 50.4. The van der Waals surface area contributed by atoms with E-state index in [1.807, 2.05) is 61.5 Å². The van der Waals surface area contributed by atoms with Crippen molar-refractivity contribution in [3.05, 3.63) is 64.6 Å². The lowest BCUT2D eigenvalue weighted by Gasteiger charge is -2.48. The van der Waals surface area contributed by atoms with Crippen LogP contribution < -0.4 is 49.8 Å². The summed E-state index contributed by atoms with van der Waals surface area (Å²) in [6, 6.07) is 7.29. The van der Waals surface area contributed by atoms with Gasteiger partial charge in [-0.2, -0.15) is 0 Å². The van der Waals surface area contributed by atoms with E-state index in [1.54, 1.807) is 30.3 Å². The minimum Gasteiger partial charge on any atom is -0.462 e. The number of nitrogens with zero attached hydrogens (tertiary/aromatic N) is 3. The van der Waals surface area contributed by atoms with Crippen molar-refractivity contribution in [3.8, 4) is 5.75 Å². The second-order valence-electron chi connectivity index (χ2n) is 25.4. The molecule has 15 atom stereocenters. The summed E-state index contributed by atoms with van der Waals surface area (Å²) >= 11 is 0. The Kier molecular flexibility index (Phi) is 19.9. The number of aliphatic imine (C=N–C) groups is 3. The Hall–Kier alpha value is -6.67. The number of benzene rings is 1. The van der Waals surface area contributed by atoms with Gasteiger partial charge in [0, 0.05) is 131 Å². The minimum atomic E-state index is -5.04. The Balaban J connectivity index is 1.34. The molecule has 15 unspecified atom stereocenters. The van der Waals surface area contributed by atoms with E-state index in [0.717, 1.165) is 0 Å². The summed E-state index contributed by atoms with van der Waals surface area (Å²) in [7, 11) is -5.04. The molecule has 0 radical (unpaired) electrons. The first-order valence-corrected chi connectivity index (χ1v) is 30.5. The van der Waals surface area contributed by atoms with Gasteiger partial charge in [-0.1, -0.05) is 52.8 Å². The maximum Gasteiger partial charge on any atom is 0.472 e. The summed E-state index contributed by atoms with van der Waals surface area (Å²) in [6.07, 6.45) is -6.04. The van der Waals surface area contributed by atoms with Gasteiger partial charge in [0.1, 0.15) is 24.1 Å². The number of hydrogen-bond acceptors (Lipinski definition) is 18. The first-order valence-electron chi connectivity index (χ1n) is 29.0. The van der Waals surface area contributed by atoms with Crippen molar-refractivity contribution in [2.24, 2.45) is 94.7 Å². The van der Waals surface area contributed by atoms with Crippen LogP contribution >= 0.6 is 7.82 Å². The van der Waals surface area contributed by atoms with E-state index >= 15 is 0 Å². The fourth-order valence-corrected chi connectivity index (χ4v) is 15.6. The van der Waals surface area contributed by atoms with E-state index in [2.05, 4.69) is 10.6 Å². The molecule has 0 aliphatic carbocycles. The number of aliphatic hydroxyl groups excluding tert-OH is 2. The maximum absolute atomic E-state index is 14.3. The highest BCUT2D eigenvalue weighted by molar-refractivity contribution is 7.47. The number of nitrogens with one attached hydrogen (secondary N) is 2. The third-order valence-corrected chi connectivity index (χ3v) is 20.2. The molecule has 27 heteroatoms. The van der Waals surface area contributed by atoms with Crippen molar-refractivity contribution >= 4 is 66.3 Å². The van der Waals surface area contributed by atoms with Gasteiger partial charge in [0.05, 0.1) is 24.3 Å². The smallest absolute Gasteiger partial charge is 0.462 e. The van der Waals surface area contributed by atoms with Crippen LogP contribution in [0.4, 0.5) is 0 Å². The molecule has 1 aromatic carbocycles. The summed E-state index contributed by atoms with van der Waals surface area (Å²) in [6.45, 7) is 15.3. The molecule has 1 aromatic rings. The number of nitrogens with two attached hydrogens (primary N) is 6. The summed E-state index contributed by atoms with van der Waals surface area (Å²) in [5, 5.41) is 27.5. The average Bonchev–Trinajstić information content (AvgIpc) is 1.55. The Morgan fingerprint density at radius 3 is 1.95 bits per heavy atom. The van der Waals surface area contributed by atoms with E-state index in [4.69, 9.17) is 67.9 Å². The Bertz CT molecular complexity index is 3130. The van der Waals surface area contributed by atoms with Gasteiger partial charge in [0.2, 0.25) is 47.6 Å². The Labute approximate surface area is 500 Å². The molecule has 0 saturated carbocycles. The first-order chi connectivity index (χ1) is 40.0. The van der Waals surface area contributed by atoms with E-state index in [0.29, 0.717) is 51.1 Å². The van der Waals surface area contributed by atoms with Crippen LogP contribution in [0.2, 0.25) is 0 Å². The quantitative estimate of drug-likeness (QED) is 0.0564. The molecular formula is C59H86N11O15P. The zero-order chi connectivity index (χ0) is 63.8. The summed E-state index contributed by atoms with van der Waals surface area (Å²) in [5.41, 5.74) is 34.1. The number of carbonyl (C=O) groups excluding carboxylic acids is 7. The molecule has 0 aromatic heterocycles. The highest BCUT2D eigenvalue weighted by atomic mass is 31.2. The number of allylic oxidation sites excluding steroid dienone is 6. The first kappa shape index (κ1) is 66.8. The van der Waals surface area contributed by atoms with Gasteiger partial charge in [-0.15, -0.1) is 0 Å². The van der Waals surface area contributed by atoms with Gasteiger partial charge in [-0.3, -0.25) is 57.6 Å². The van der Waals surface area contributed by atoms with Crippen molar-refractivity contribution in [2.75, 3.05) is 13.2 Å². The highest BCUT2D eigenvalue weighted by Crippen LogP contribution is 2.62. The van der Waals surface area contributed by atoms with E-state index < -0.39 is 143 Å². The number of rotatable bonds is 27. The van der Waals surface area contributed by atoms with Crippen molar-refractivity contribution in [1.82, 2.24) is 10.6 Å². The van der Waals surface area contributed by atoms with Crippen molar-refractivity contribution in [2.45, 2.75) is 175 Å². The maximum atomic E-state index is 14.3. The second-order valence-corrected chi connectivity index (χ2v) is 26.8. The summed E-state index contributed by atoms with van der Waals surface area (Å²) < 4.78 is 35.5. The number of ether oxygens (including phenoxy) is 2. The predicted octanol–water partition coefficient (Wildman–Crippen LogP) is 2.40. The van der Waals surface area contributed by atoms with Gasteiger partial charge in [-0.05, 0) is 82.7 Å². The van der Waals surface area contributed by atoms with Crippen LogP contribution in [-0.2, 0) is 51.9 Å². The molecule has 472 valence electrons. The van der Waals surface area contributed by atoms with Crippen LogP contribution in [-0.4, -0.2) is 129 Å². The second kappa shape index (κ2) is 25.6. The molecule has 6 aliphatic rings. The van der Waals surface area contributed by atoms with Crippen LogP contribution in [0, 0.1) is 45.3 Å². The van der Waals surface area contributed by atoms with Gasteiger partial charge in [-0.25, -0.2) is 4.57 Å². The number of phosphoric acid groups is 1. The zero-order valence-corrected chi connectivity index (χ0v) is 51.3. The fraction of sp³-hybridized carbons (Fsp3) is 0.627. The lowest BCUT2D eigenvalue weighted by Crippen LogP contribution is -2.56. The number of carbonyl (C=O) groups is 7. The molecule has 26 nitrogen and oxygen atoms in total. The monoisotopic (exact) mass is 1220 g/mol. The molecule has 0 spiro atoms. The van der Waals surface area contributed by atoms with Gasteiger partial charge in [0.15, 0.2) is 0 Å². The largest absolute Gasteiger partial charge is 0.472 e. The minimum absolute atomic E-state index is 0.0117. The molecule has 2 saturated heterocycles. The molecule has 7 amide bonds. The molecule has 6 aliphatic heterocycles. The predicted molar refractivity (Wildman–Crippen MR) is 316 cm³/mol. The van der Waals surface area contributed by atoms with Crippen LogP contribution in [0.25, 0.3) is 0 Å². The van der Waals surface area contributed by atoms with Gasteiger partial charge in [0.25, 0.3) is 0 Å². The number of phosphoric ester groups is 1. The third-order valence-electron chi connectivity index (χ3n) is 19.1. The van der Waals surface area contributed by atoms with Gasteiger partial charge < -0.3 is 69.6 Å². The van der Waals surface area contributed by atoms with Crippen LogP contribution in [0.15, 0.2) is 79.6 Å². The standard InChI is InChI=1S/C59H86N11O15P/c1-29(84-86(80,81)85-50-38(28-71)83-54(49(50)79)82-32-13-11-10-12-14-32)27-66-46(78)21-22-56(6)36(23-43(63)75)53-59(9)58(8,26-45(65)77)35(17-20-42(62)74)48(70-59)31(3)52-57(7,25-44(64)76)33(15-18-40(60)72)37(67-52)24-39-55(4,5)34(16-19-41(61)73)47(68-39)30(2)51(56)69-53/h10-14,24,29,33-36,38,49-50,53-54,67,71,79H,15-23,25-28H2,1-9H3,(H2,60,72)(H2,61,73)(H2,62,74)(H2,63,75)(H2,64,76)(H2,65,77)(H,66,78)(H,80,81)/b37-24?,47-30?,52-31-. The number of hydrogen-bond donors (Lipinski definition) is 11. The lowest BCUT2D eigenvalue weighted by molar-refractivity contribution is -0.124. The number of fused-ring (bicyclic) bond motifs is 6. The van der Waals surface area contributed by atoms with Crippen molar-refractivity contribution in [1.29, 1.82) is 0 Å². The summed E-state index contributed by atoms with van der Waals surface area (Å²) in [4.78, 5) is 121. The molecule has 6 heterocycles. The normalized spacial score (nSPS) is 33.7. The molecule has 17 N–H and O–H groups in total.